The molecule has 0 spiro atoms. The molecular weight excluding hydrogens is 208 g/mol. The highest BCUT2D eigenvalue weighted by atomic mass is 16.4. The first-order valence-electron chi connectivity index (χ1n) is 5.19. The molecule has 0 bridgehead atoms. The molecular formula is C10H16N4O2. The maximum Gasteiger partial charge on any atom is 0.326 e. The van der Waals surface area contributed by atoms with Gasteiger partial charge in [-0.2, -0.15) is 0 Å². The lowest BCUT2D eigenvalue weighted by atomic mass is 10.1. The normalized spacial score (nSPS) is 12.1. The summed E-state index contributed by atoms with van der Waals surface area (Å²) >= 11 is 0. The quantitative estimate of drug-likeness (QED) is 0.582. The van der Waals surface area contributed by atoms with Gasteiger partial charge < -0.3 is 16.2 Å². The van der Waals surface area contributed by atoms with Crippen molar-refractivity contribution in [2.24, 2.45) is 5.73 Å². The van der Waals surface area contributed by atoms with Gasteiger partial charge in [-0.3, -0.25) is 4.98 Å². The molecule has 1 aromatic rings. The van der Waals surface area contributed by atoms with Crippen LogP contribution in [0.25, 0.3) is 0 Å². The number of carboxylic acid groups (broad SMARTS) is 1. The molecule has 0 aromatic carbocycles. The van der Waals surface area contributed by atoms with Crippen molar-refractivity contribution in [1.82, 2.24) is 9.97 Å². The minimum Gasteiger partial charge on any atom is -0.480 e. The maximum absolute atomic E-state index is 11.0. The molecule has 6 heteroatoms. The van der Waals surface area contributed by atoms with E-state index >= 15 is 0 Å². The Morgan fingerprint density at radius 3 is 2.88 bits per heavy atom. The van der Waals surface area contributed by atoms with Crippen LogP contribution < -0.4 is 11.1 Å². The minimum atomic E-state index is -0.886. The minimum absolute atomic E-state index is 0.475. The number of rotatable bonds is 7. The van der Waals surface area contributed by atoms with Crippen LogP contribution in [-0.2, 0) is 4.79 Å². The first-order chi connectivity index (χ1) is 7.74. The fourth-order valence-electron chi connectivity index (χ4n) is 1.30. The molecule has 1 aromatic heterocycles. The molecule has 0 unspecified atom stereocenters. The van der Waals surface area contributed by atoms with Crippen LogP contribution in [-0.4, -0.2) is 33.6 Å². The Morgan fingerprint density at radius 1 is 1.50 bits per heavy atom. The number of hydrogen-bond donors (Lipinski definition) is 3. The highest BCUT2D eigenvalue weighted by Gasteiger charge is 2.16. The number of aliphatic carboxylic acids is 1. The Morgan fingerprint density at radius 2 is 2.31 bits per heavy atom. The second kappa shape index (κ2) is 6.73. The van der Waals surface area contributed by atoms with E-state index in [1.807, 2.05) is 0 Å². The molecule has 0 aliphatic heterocycles. The zero-order chi connectivity index (χ0) is 11.8. The van der Waals surface area contributed by atoms with Crippen molar-refractivity contribution in [1.29, 1.82) is 0 Å². The number of nitrogens with two attached hydrogens (primary N) is 1. The third kappa shape index (κ3) is 4.22. The van der Waals surface area contributed by atoms with Crippen LogP contribution in [0.15, 0.2) is 18.6 Å². The predicted octanol–water partition coefficient (Wildman–Crippen LogP) is 0.471. The molecule has 6 nitrogen and oxygen atoms in total. The van der Waals surface area contributed by atoms with Crippen molar-refractivity contribution in [3.8, 4) is 0 Å². The Kier molecular flexibility index (Phi) is 5.21. The second-order valence-electron chi connectivity index (χ2n) is 3.41. The number of aromatic nitrogens is 2. The molecule has 0 saturated carbocycles. The van der Waals surface area contributed by atoms with E-state index in [0.717, 1.165) is 12.8 Å². The third-order valence-corrected chi connectivity index (χ3v) is 2.13. The monoisotopic (exact) mass is 224 g/mol. The van der Waals surface area contributed by atoms with E-state index < -0.39 is 12.0 Å². The number of anilines is 1. The number of nitrogens with one attached hydrogen (secondary N) is 1. The van der Waals surface area contributed by atoms with Gasteiger partial charge in [-0.15, -0.1) is 0 Å². The van der Waals surface area contributed by atoms with Crippen LogP contribution in [0.1, 0.15) is 19.3 Å². The lowest BCUT2D eigenvalue weighted by molar-refractivity contribution is -0.138. The first-order valence-corrected chi connectivity index (χ1v) is 5.19. The highest BCUT2D eigenvalue weighted by Crippen LogP contribution is 2.07. The number of carbonyl (C=O) groups is 1. The second-order valence-corrected chi connectivity index (χ2v) is 3.41. The summed E-state index contributed by atoms with van der Waals surface area (Å²) in [6, 6.07) is -0.636. The van der Waals surface area contributed by atoms with Gasteiger partial charge >= 0.3 is 5.97 Å². The van der Waals surface area contributed by atoms with Gasteiger partial charge in [0.25, 0.3) is 0 Å². The zero-order valence-corrected chi connectivity index (χ0v) is 8.97. The van der Waals surface area contributed by atoms with E-state index in [9.17, 15) is 4.79 Å². The lowest BCUT2D eigenvalue weighted by Crippen LogP contribution is -2.29. The van der Waals surface area contributed by atoms with E-state index in [-0.39, 0.29) is 0 Å². The van der Waals surface area contributed by atoms with Gasteiger partial charge in [0.1, 0.15) is 11.9 Å². The van der Waals surface area contributed by atoms with Gasteiger partial charge in [0.15, 0.2) is 0 Å². The molecule has 1 rings (SSSR count). The number of unbranched alkanes of at least 4 members (excludes halogenated alkanes) is 1. The van der Waals surface area contributed by atoms with Gasteiger partial charge in [0, 0.05) is 12.4 Å². The Labute approximate surface area is 93.9 Å². The molecule has 1 heterocycles. The van der Waals surface area contributed by atoms with Crippen LogP contribution in [0.2, 0.25) is 0 Å². The van der Waals surface area contributed by atoms with Gasteiger partial charge in [0.2, 0.25) is 0 Å². The number of carboxylic acids is 1. The van der Waals surface area contributed by atoms with Crippen LogP contribution in [0.3, 0.4) is 0 Å². The molecule has 1 atom stereocenters. The maximum atomic E-state index is 11.0. The molecule has 4 N–H and O–H groups in total. The van der Waals surface area contributed by atoms with Crippen molar-refractivity contribution < 1.29 is 9.90 Å². The predicted molar refractivity (Wildman–Crippen MR) is 60.0 cm³/mol. The summed E-state index contributed by atoms with van der Waals surface area (Å²) in [5.74, 6) is -0.412. The van der Waals surface area contributed by atoms with Gasteiger partial charge in [-0.1, -0.05) is 0 Å². The first kappa shape index (κ1) is 12.4. The molecule has 0 radical (unpaired) electrons. The Hall–Kier alpha value is -1.69. The fraction of sp³-hybridized carbons (Fsp3) is 0.500. The van der Waals surface area contributed by atoms with Crippen LogP contribution >= 0.6 is 0 Å². The summed E-state index contributed by atoms with van der Waals surface area (Å²) in [4.78, 5) is 18.8. The van der Waals surface area contributed by atoms with Crippen LogP contribution in [0, 0.1) is 0 Å². The smallest absolute Gasteiger partial charge is 0.326 e. The summed E-state index contributed by atoms with van der Waals surface area (Å²) < 4.78 is 0. The van der Waals surface area contributed by atoms with E-state index in [1.165, 1.54) is 18.6 Å². The number of hydrogen-bond acceptors (Lipinski definition) is 5. The van der Waals surface area contributed by atoms with Crippen molar-refractivity contribution in [3.63, 3.8) is 0 Å². The van der Waals surface area contributed by atoms with Gasteiger partial charge in [-0.25, -0.2) is 9.78 Å². The third-order valence-electron chi connectivity index (χ3n) is 2.13. The summed E-state index contributed by atoms with van der Waals surface area (Å²) in [7, 11) is 0. The van der Waals surface area contributed by atoms with E-state index in [1.54, 1.807) is 0 Å². The fourth-order valence-corrected chi connectivity index (χ4v) is 1.30. The summed E-state index contributed by atoms with van der Waals surface area (Å²) in [5, 5.41) is 11.8. The standard InChI is InChI=1S/C10H16N4O2/c11-4-2-1-3-8(10(15)16)14-9-7-12-5-6-13-9/h5-8H,1-4,11H2,(H,13,14)(H,15,16)/t8-/m0/s1. The molecule has 0 aliphatic rings. The van der Waals surface area contributed by atoms with Crippen molar-refractivity contribution in [2.75, 3.05) is 11.9 Å². The van der Waals surface area contributed by atoms with Gasteiger partial charge in [0.05, 0.1) is 6.20 Å². The van der Waals surface area contributed by atoms with E-state index in [4.69, 9.17) is 10.8 Å². The molecule has 0 aliphatic carbocycles. The summed E-state index contributed by atoms with van der Waals surface area (Å²) in [6.45, 7) is 0.581. The molecule has 16 heavy (non-hydrogen) atoms. The van der Waals surface area contributed by atoms with Crippen molar-refractivity contribution in [2.45, 2.75) is 25.3 Å². The Bertz CT molecular complexity index is 318. The molecule has 0 amide bonds. The topological polar surface area (TPSA) is 101 Å². The van der Waals surface area contributed by atoms with Crippen LogP contribution in [0.5, 0.6) is 0 Å². The van der Waals surface area contributed by atoms with E-state index in [2.05, 4.69) is 15.3 Å². The summed E-state index contributed by atoms with van der Waals surface area (Å²) in [6.07, 6.45) is 6.69. The van der Waals surface area contributed by atoms with E-state index in [0.29, 0.717) is 18.8 Å². The van der Waals surface area contributed by atoms with Gasteiger partial charge in [-0.05, 0) is 25.8 Å². The van der Waals surface area contributed by atoms with Crippen LogP contribution in [0.4, 0.5) is 5.82 Å². The molecule has 88 valence electrons. The van der Waals surface area contributed by atoms with Crippen molar-refractivity contribution >= 4 is 11.8 Å². The summed E-state index contributed by atoms with van der Waals surface area (Å²) in [5.41, 5.74) is 5.35. The largest absolute Gasteiger partial charge is 0.480 e. The average molecular weight is 224 g/mol. The van der Waals surface area contributed by atoms with Crippen molar-refractivity contribution in [3.05, 3.63) is 18.6 Å². The molecule has 0 fully saturated rings. The zero-order valence-electron chi connectivity index (χ0n) is 8.97. The highest BCUT2D eigenvalue weighted by molar-refractivity contribution is 5.76. The molecule has 0 saturated heterocycles. The SMILES string of the molecule is NCCCC[C@H](Nc1cnccn1)C(=O)O. The lowest BCUT2D eigenvalue weighted by Gasteiger charge is -2.14. The average Bonchev–Trinajstić information content (AvgIpc) is 2.29. The number of nitrogens with zero attached hydrogens (tertiary/aromatic N) is 2. The Balaban J connectivity index is 2.48.